The van der Waals surface area contributed by atoms with E-state index in [2.05, 4.69) is 4.98 Å². The van der Waals surface area contributed by atoms with Crippen LogP contribution in [0.1, 0.15) is 39.7 Å². The van der Waals surface area contributed by atoms with Gasteiger partial charge in [0.05, 0.1) is 24.1 Å². The van der Waals surface area contributed by atoms with Gasteiger partial charge in [-0.2, -0.15) is 0 Å². The molecule has 30 heavy (non-hydrogen) atoms. The van der Waals surface area contributed by atoms with Crippen molar-refractivity contribution in [1.29, 1.82) is 0 Å². The van der Waals surface area contributed by atoms with Crippen LogP contribution in [0.2, 0.25) is 0 Å². The van der Waals surface area contributed by atoms with Gasteiger partial charge >= 0.3 is 0 Å². The standard InChI is InChI=1S/C24H24N2O3S/c1-15-9-11-20(23(13-15)29-5)22(28)12-10-19-14-30-24(25-19)26(18(4)27)21-8-6-7-16(2)17(21)3/h6-14H,1-5H3/b12-10+. The van der Waals surface area contributed by atoms with Crippen molar-refractivity contribution in [2.75, 3.05) is 12.0 Å². The molecule has 0 saturated carbocycles. The number of benzene rings is 2. The van der Waals surface area contributed by atoms with Crippen molar-refractivity contribution in [3.8, 4) is 5.75 Å². The average Bonchev–Trinajstić information content (AvgIpc) is 3.17. The molecular weight excluding hydrogens is 396 g/mol. The largest absolute Gasteiger partial charge is 0.496 e. The number of nitrogens with zero attached hydrogens (tertiary/aromatic N) is 2. The summed E-state index contributed by atoms with van der Waals surface area (Å²) in [7, 11) is 1.55. The number of carbonyl (C=O) groups is 2. The van der Waals surface area contributed by atoms with Gasteiger partial charge < -0.3 is 4.74 Å². The summed E-state index contributed by atoms with van der Waals surface area (Å²) in [5, 5.41) is 2.39. The van der Waals surface area contributed by atoms with Crippen molar-refractivity contribution in [1.82, 2.24) is 4.98 Å². The van der Waals surface area contributed by atoms with E-state index in [9.17, 15) is 9.59 Å². The molecule has 0 saturated heterocycles. The predicted octanol–water partition coefficient (Wildman–Crippen LogP) is 5.66. The molecule has 0 bridgehead atoms. The molecule has 2 aromatic carbocycles. The Bertz CT molecular complexity index is 1130. The smallest absolute Gasteiger partial charge is 0.230 e. The highest BCUT2D eigenvalue weighted by Crippen LogP contribution is 2.32. The maximum atomic E-state index is 12.6. The molecule has 0 atom stereocenters. The highest BCUT2D eigenvalue weighted by Gasteiger charge is 2.20. The van der Waals surface area contributed by atoms with Gasteiger partial charge in [-0.3, -0.25) is 14.5 Å². The first kappa shape index (κ1) is 21.5. The fourth-order valence-electron chi connectivity index (χ4n) is 3.09. The van der Waals surface area contributed by atoms with E-state index in [-0.39, 0.29) is 11.7 Å². The van der Waals surface area contributed by atoms with Gasteiger partial charge in [0.25, 0.3) is 0 Å². The Morgan fingerprint density at radius 2 is 1.90 bits per heavy atom. The van der Waals surface area contributed by atoms with Crippen LogP contribution in [0, 0.1) is 20.8 Å². The second-order valence-electron chi connectivity index (χ2n) is 7.03. The normalized spacial score (nSPS) is 11.0. The number of amides is 1. The first-order valence-corrected chi connectivity index (χ1v) is 10.4. The van der Waals surface area contributed by atoms with Crippen LogP contribution >= 0.6 is 11.3 Å². The Kier molecular flexibility index (Phi) is 6.47. The molecule has 0 N–H and O–H groups in total. The Balaban J connectivity index is 1.87. The Labute approximate surface area is 180 Å². The molecule has 3 aromatic rings. The number of ether oxygens (including phenoxy) is 1. The highest BCUT2D eigenvalue weighted by atomic mass is 32.1. The number of allylic oxidation sites excluding steroid dienone is 1. The molecular formula is C24H24N2O3S. The van der Waals surface area contributed by atoms with E-state index in [1.165, 1.54) is 24.3 Å². The summed E-state index contributed by atoms with van der Waals surface area (Å²) in [6.45, 7) is 7.47. The summed E-state index contributed by atoms with van der Waals surface area (Å²) < 4.78 is 5.32. The van der Waals surface area contributed by atoms with Gasteiger partial charge in [-0.1, -0.05) is 18.2 Å². The van der Waals surface area contributed by atoms with Crippen LogP contribution in [0.5, 0.6) is 5.75 Å². The highest BCUT2D eigenvalue weighted by molar-refractivity contribution is 7.14. The van der Waals surface area contributed by atoms with Crippen LogP contribution in [0.3, 0.4) is 0 Å². The summed E-state index contributed by atoms with van der Waals surface area (Å²) in [5.41, 5.74) is 5.08. The van der Waals surface area contributed by atoms with Crippen molar-refractivity contribution in [3.63, 3.8) is 0 Å². The number of anilines is 2. The van der Waals surface area contributed by atoms with Crippen molar-refractivity contribution in [3.05, 3.63) is 75.8 Å². The lowest BCUT2D eigenvalue weighted by molar-refractivity contribution is -0.115. The number of hydrogen-bond donors (Lipinski definition) is 0. The second-order valence-corrected chi connectivity index (χ2v) is 7.87. The van der Waals surface area contributed by atoms with Crippen LogP contribution in [0.4, 0.5) is 10.8 Å². The molecule has 0 spiro atoms. The van der Waals surface area contributed by atoms with Gasteiger partial charge in [-0.25, -0.2) is 4.98 Å². The zero-order valence-electron chi connectivity index (χ0n) is 17.7. The minimum Gasteiger partial charge on any atom is -0.496 e. The third-order valence-electron chi connectivity index (χ3n) is 4.86. The molecule has 0 unspecified atom stereocenters. The maximum absolute atomic E-state index is 12.6. The maximum Gasteiger partial charge on any atom is 0.230 e. The number of carbonyl (C=O) groups excluding carboxylic acids is 2. The van der Waals surface area contributed by atoms with Gasteiger partial charge in [-0.05, 0) is 67.8 Å². The molecule has 3 rings (SSSR count). The quantitative estimate of drug-likeness (QED) is 0.381. The molecule has 6 heteroatoms. The minimum atomic E-state index is -0.167. The van der Waals surface area contributed by atoms with E-state index in [0.717, 1.165) is 22.4 Å². The van der Waals surface area contributed by atoms with Crippen molar-refractivity contribution in [2.24, 2.45) is 0 Å². The number of aromatic nitrogens is 1. The number of ketones is 1. The summed E-state index contributed by atoms with van der Waals surface area (Å²) in [4.78, 5) is 31.1. The SMILES string of the molecule is COc1cc(C)ccc1C(=O)/C=C/c1csc(N(C(C)=O)c2cccc(C)c2C)n1. The zero-order valence-corrected chi connectivity index (χ0v) is 18.5. The summed E-state index contributed by atoms with van der Waals surface area (Å²) >= 11 is 1.36. The first-order valence-electron chi connectivity index (χ1n) is 9.51. The molecule has 5 nitrogen and oxygen atoms in total. The topological polar surface area (TPSA) is 59.5 Å². The number of rotatable bonds is 6. The zero-order chi connectivity index (χ0) is 21.8. The van der Waals surface area contributed by atoms with E-state index in [1.807, 2.05) is 56.5 Å². The van der Waals surface area contributed by atoms with Crippen molar-refractivity contribution < 1.29 is 14.3 Å². The monoisotopic (exact) mass is 420 g/mol. The number of hydrogen-bond acceptors (Lipinski definition) is 5. The van der Waals surface area contributed by atoms with Gasteiger partial charge in [0, 0.05) is 12.3 Å². The summed E-state index contributed by atoms with van der Waals surface area (Å²) in [5.74, 6) is 0.259. The molecule has 0 fully saturated rings. The van der Waals surface area contributed by atoms with Crippen LogP contribution in [0.15, 0.2) is 47.9 Å². The predicted molar refractivity (Wildman–Crippen MR) is 122 cm³/mol. The van der Waals surface area contributed by atoms with Gasteiger partial charge in [-0.15, -0.1) is 11.3 Å². The Hall–Kier alpha value is -3.25. The number of methoxy groups -OCH3 is 1. The third kappa shape index (κ3) is 4.49. The Morgan fingerprint density at radius 3 is 2.60 bits per heavy atom. The van der Waals surface area contributed by atoms with Gasteiger partial charge in [0.2, 0.25) is 5.91 Å². The lowest BCUT2D eigenvalue weighted by atomic mass is 10.1. The summed E-state index contributed by atoms with van der Waals surface area (Å²) in [6, 6.07) is 11.3. The summed E-state index contributed by atoms with van der Waals surface area (Å²) in [6.07, 6.45) is 3.13. The third-order valence-corrected chi connectivity index (χ3v) is 5.70. The number of aryl methyl sites for hydroxylation is 2. The molecule has 0 aliphatic rings. The van der Waals surface area contributed by atoms with E-state index in [4.69, 9.17) is 4.74 Å². The first-order chi connectivity index (χ1) is 14.3. The van der Waals surface area contributed by atoms with Crippen molar-refractivity contribution in [2.45, 2.75) is 27.7 Å². The van der Waals surface area contributed by atoms with E-state index in [1.54, 1.807) is 24.2 Å². The average molecular weight is 421 g/mol. The molecule has 1 amide bonds. The molecule has 154 valence electrons. The van der Waals surface area contributed by atoms with E-state index >= 15 is 0 Å². The van der Waals surface area contributed by atoms with Crippen molar-refractivity contribution >= 4 is 39.9 Å². The van der Waals surface area contributed by atoms with Crippen LogP contribution in [-0.4, -0.2) is 23.8 Å². The van der Waals surface area contributed by atoms with Gasteiger partial charge in [0.15, 0.2) is 10.9 Å². The molecule has 0 aliphatic heterocycles. The molecule has 1 heterocycles. The van der Waals surface area contributed by atoms with Gasteiger partial charge in [0.1, 0.15) is 5.75 Å². The number of thiazole rings is 1. The van der Waals surface area contributed by atoms with Crippen LogP contribution in [-0.2, 0) is 4.79 Å². The van der Waals surface area contributed by atoms with Crippen LogP contribution < -0.4 is 9.64 Å². The fraction of sp³-hybridized carbons (Fsp3) is 0.208. The molecule has 1 aromatic heterocycles. The lowest BCUT2D eigenvalue weighted by Gasteiger charge is -2.21. The molecule has 0 radical (unpaired) electrons. The van der Waals surface area contributed by atoms with Crippen LogP contribution in [0.25, 0.3) is 6.08 Å². The Morgan fingerprint density at radius 1 is 1.13 bits per heavy atom. The lowest BCUT2D eigenvalue weighted by Crippen LogP contribution is -2.23. The minimum absolute atomic E-state index is 0.117. The fourth-order valence-corrected chi connectivity index (χ4v) is 3.94. The van der Waals surface area contributed by atoms with E-state index < -0.39 is 0 Å². The second kappa shape index (κ2) is 9.05. The van der Waals surface area contributed by atoms with E-state index in [0.29, 0.717) is 22.1 Å². The molecule has 0 aliphatic carbocycles.